The molecule has 0 unspecified atom stereocenters. The lowest BCUT2D eigenvalue weighted by Gasteiger charge is -2.39. The molecule has 0 saturated carbocycles. The summed E-state index contributed by atoms with van der Waals surface area (Å²) in [5.41, 5.74) is 0.0488. The van der Waals surface area contributed by atoms with Crippen LogP contribution in [0.2, 0.25) is 18.1 Å². The topological polar surface area (TPSA) is 68.5 Å². The van der Waals surface area contributed by atoms with Gasteiger partial charge in [-0.2, -0.15) is 5.26 Å². The molecular weight excluding hydrogens is 449 g/mol. The second kappa shape index (κ2) is 10.3. The average Bonchev–Trinajstić information content (AvgIpc) is 3.18. The van der Waals surface area contributed by atoms with E-state index in [0.29, 0.717) is 11.5 Å². The number of allylic oxidation sites excluding steroid dienone is 1. The van der Waals surface area contributed by atoms with Gasteiger partial charge in [-0.05, 0) is 60.8 Å². The zero-order chi connectivity index (χ0) is 24.1. The Morgan fingerprint density at radius 3 is 2.00 bits per heavy atom. The summed E-state index contributed by atoms with van der Waals surface area (Å²) in [4.78, 5) is 0. The minimum Gasteiger partial charge on any atom is -0.415 e. The average molecular weight is 484 g/mol. The summed E-state index contributed by atoms with van der Waals surface area (Å²) in [5, 5.41) is 10.2. The normalized spacial score (nSPS) is 17.7. The van der Waals surface area contributed by atoms with Crippen molar-refractivity contribution < 1.29 is 18.0 Å². The van der Waals surface area contributed by atoms with Gasteiger partial charge in [0.15, 0.2) is 14.0 Å². The van der Waals surface area contributed by atoms with Crippen LogP contribution in [0.4, 0.5) is 0 Å². The quantitative estimate of drug-likeness (QED) is 0.207. The molecule has 0 radical (unpaired) electrons. The molecule has 0 heterocycles. The molecule has 7 heteroatoms. The molecule has 33 heavy (non-hydrogen) atoms. The fourth-order valence-corrected chi connectivity index (χ4v) is 6.51. The van der Waals surface area contributed by atoms with Gasteiger partial charge in [-0.1, -0.05) is 63.2 Å². The zero-order valence-electron chi connectivity index (χ0n) is 20.2. The van der Waals surface area contributed by atoms with Crippen molar-refractivity contribution in [2.45, 2.75) is 69.9 Å². The largest absolute Gasteiger partial charge is 0.448 e. The van der Waals surface area contributed by atoms with E-state index in [9.17, 15) is 9.83 Å². The molecule has 0 bridgehead atoms. The Hall–Kier alpha value is -2.32. The smallest absolute Gasteiger partial charge is 0.415 e. The number of nitrogens with zero attached hydrogens (tertiary/aromatic N) is 1. The SMILES string of the molecule is CC(C)(C)[Si](C)(C)O[C@H]1CCC=C1C[C@@H](C#N)P(=O)(Oc1ccccc1)Oc1ccccc1. The summed E-state index contributed by atoms with van der Waals surface area (Å²) >= 11 is 0. The van der Waals surface area contributed by atoms with Crippen LogP contribution in [0.5, 0.6) is 11.5 Å². The Bertz CT molecular complexity index is 996. The molecule has 1 aliphatic carbocycles. The summed E-state index contributed by atoms with van der Waals surface area (Å²) in [6, 6.07) is 20.0. The molecule has 0 N–H and O–H groups in total. The molecule has 2 aromatic carbocycles. The van der Waals surface area contributed by atoms with E-state index in [4.69, 9.17) is 13.5 Å². The van der Waals surface area contributed by atoms with Crippen LogP contribution < -0.4 is 9.05 Å². The predicted molar refractivity (Wildman–Crippen MR) is 135 cm³/mol. The summed E-state index contributed by atoms with van der Waals surface area (Å²) in [5.74, 6) is 0.818. The van der Waals surface area contributed by atoms with Crippen LogP contribution in [0.1, 0.15) is 40.0 Å². The van der Waals surface area contributed by atoms with Crippen molar-refractivity contribution in [1.82, 2.24) is 0 Å². The van der Waals surface area contributed by atoms with Crippen LogP contribution in [-0.2, 0) is 8.99 Å². The van der Waals surface area contributed by atoms with Crippen molar-refractivity contribution in [2.24, 2.45) is 0 Å². The van der Waals surface area contributed by atoms with Gasteiger partial charge in [0, 0.05) is 6.42 Å². The van der Waals surface area contributed by atoms with Crippen LogP contribution in [0.25, 0.3) is 0 Å². The van der Waals surface area contributed by atoms with Gasteiger partial charge in [-0.15, -0.1) is 0 Å². The Balaban J connectivity index is 1.86. The highest BCUT2D eigenvalue weighted by atomic mass is 31.2. The van der Waals surface area contributed by atoms with Gasteiger partial charge in [-0.3, -0.25) is 0 Å². The van der Waals surface area contributed by atoms with Gasteiger partial charge in [0.25, 0.3) is 0 Å². The minimum atomic E-state index is -3.88. The number of rotatable bonds is 9. The van der Waals surface area contributed by atoms with Gasteiger partial charge in [-0.25, -0.2) is 4.57 Å². The van der Waals surface area contributed by atoms with Gasteiger partial charge in [0.2, 0.25) is 0 Å². The summed E-state index contributed by atoms with van der Waals surface area (Å²) < 4.78 is 32.6. The lowest BCUT2D eigenvalue weighted by Crippen LogP contribution is -2.44. The fraction of sp³-hybridized carbons (Fsp3) is 0.423. The second-order valence-corrected chi connectivity index (χ2v) is 16.7. The molecular formula is C26H34NO4PSi. The van der Waals surface area contributed by atoms with E-state index in [1.54, 1.807) is 48.5 Å². The monoisotopic (exact) mass is 483 g/mol. The third-order valence-corrected chi connectivity index (χ3v) is 12.9. The van der Waals surface area contributed by atoms with Crippen molar-refractivity contribution in [3.63, 3.8) is 0 Å². The lowest BCUT2D eigenvalue weighted by atomic mass is 10.1. The lowest BCUT2D eigenvalue weighted by molar-refractivity contribution is 0.210. The van der Waals surface area contributed by atoms with Crippen molar-refractivity contribution in [3.05, 3.63) is 72.3 Å². The molecule has 0 amide bonds. The minimum absolute atomic E-state index is 0.0661. The maximum absolute atomic E-state index is 14.1. The third kappa shape index (κ3) is 6.38. The van der Waals surface area contributed by atoms with E-state index < -0.39 is 21.6 Å². The fourth-order valence-electron chi connectivity index (χ4n) is 3.47. The Morgan fingerprint density at radius 1 is 1.03 bits per heavy atom. The second-order valence-electron chi connectivity index (χ2n) is 9.92. The van der Waals surface area contributed by atoms with Gasteiger partial charge >= 0.3 is 7.60 Å². The molecule has 2 atom stereocenters. The Morgan fingerprint density at radius 2 is 1.55 bits per heavy atom. The number of hydrogen-bond acceptors (Lipinski definition) is 5. The first-order valence-electron chi connectivity index (χ1n) is 11.4. The molecule has 3 rings (SSSR count). The highest BCUT2D eigenvalue weighted by molar-refractivity contribution is 7.55. The summed E-state index contributed by atoms with van der Waals surface area (Å²) in [6.07, 6.45) is 4.10. The van der Waals surface area contributed by atoms with E-state index in [1.807, 2.05) is 12.1 Å². The molecule has 0 fully saturated rings. The van der Waals surface area contributed by atoms with Crippen molar-refractivity contribution in [3.8, 4) is 17.6 Å². The van der Waals surface area contributed by atoms with Crippen LogP contribution in [0.3, 0.4) is 0 Å². The van der Waals surface area contributed by atoms with Crippen LogP contribution in [0.15, 0.2) is 72.3 Å². The van der Waals surface area contributed by atoms with Crippen LogP contribution in [-0.4, -0.2) is 20.1 Å². The number of nitriles is 1. The Labute approximate surface area is 199 Å². The first kappa shape index (κ1) is 25.3. The van der Waals surface area contributed by atoms with Crippen molar-refractivity contribution in [1.29, 1.82) is 5.26 Å². The van der Waals surface area contributed by atoms with E-state index in [-0.39, 0.29) is 17.6 Å². The molecule has 2 aromatic rings. The maximum Gasteiger partial charge on any atom is 0.448 e. The summed E-state index contributed by atoms with van der Waals surface area (Å²) in [6.45, 7) is 11.1. The van der Waals surface area contributed by atoms with E-state index >= 15 is 0 Å². The van der Waals surface area contributed by atoms with E-state index in [0.717, 1.165) is 18.4 Å². The molecule has 176 valence electrons. The highest BCUT2D eigenvalue weighted by Gasteiger charge is 2.44. The van der Waals surface area contributed by atoms with Gasteiger partial charge in [0.1, 0.15) is 11.5 Å². The van der Waals surface area contributed by atoms with Crippen molar-refractivity contribution >= 4 is 15.9 Å². The van der Waals surface area contributed by atoms with E-state index in [1.165, 1.54) is 0 Å². The van der Waals surface area contributed by atoms with E-state index in [2.05, 4.69) is 46.0 Å². The van der Waals surface area contributed by atoms with Gasteiger partial charge < -0.3 is 13.5 Å². The van der Waals surface area contributed by atoms with Crippen molar-refractivity contribution in [2.75, 3.05) is 0 Å². The first-order chi connectivity index (χ1) is 15.5. The molecule has 0 spiro atoms. The van der Waals surface area contributed by atoms with Gasteiger partial charge in [0.05, 0.1) is 12.2 Å². The number of benzene rings is 2. The molecule has 0 aromatic heterocycles. The zero-order valence-corrected chi connectivity index (χ0v) is 22.0. The number of para-hydroxylation sites is 2. The highest BCUT2D eigenvalue weighted by Crippen LogP contribution is 2.55. The predicted octanol–water partition coefficient (Wildman–Crippen LogP) is 7.73. The molecule has 5 nitrogen and oxygen atoms in total. The molecule has 0 aliphatic heterocycles. The number of hydrogen-bond donors (Lipinski definition) is 0. The standard InChI is InChI=1S/C26H34NO4PSi/c1-26(2,3)33(4,5)31-25-18-12-13-21(25)19-24(20-27)32(28,29-22-14-8-6-9-15-22)30-23-16-10-7-11-17-23/h6-11,13-17,24-25H,12,18-19H2,1-5H3/t24-,25-/m0/s1. The van der Waals surface area contributed by atoms with Crippen LogP contribution >= 0.6 is 7.60 Å². The maximum atomic E-state index is 14.1. The molecule has 1 aliphatic rings. The Kier molecular flexibility index (Phi) is 7.90. The summed E-state index contributed by atoms with van der Waals surface area (Å²) in [7, 11) is -5.88. The molecule has 0 saturated heterocycles. The van der Waals surface area contributed by atoms with Crippen LogP contribution in [0, 0.1) is 11.3 Å². The third-order valence-electron chi connectivity index (χ3n) is 6.40. The first-order valence-corrected chi connectivity index (χ1v) is 15.9.